The average Bonchev–Trinajstić information content (AvgIpc) is 3.41. The number of halogens is 1. The van der Waals surface area contributed by atoms with Crippen molar-refractivity contribution in [2.75, 3.05) is 0 Å². The quantitative estimate of drug-likeness (QED) is 0.673. The summed E-state index contributed by atoms with van der Waals surface area (Å²) in [5.41, 5.74) is 1.14. The van der Waals surface area contributed by atoms with E-state index in [1.54, 1.807) is 18.5 Å². The van der Waals surface area contributed by atoms with Crippen molar-refractivity contribution in [1.82, 2.24) is 25.1 Å². The van der Waals surface area contributed by atoms with Gasteiger partial charge in [-0.1, -0.05) is 23.4 Å². The largest absolute Gasteiger partial charge is 0.325 e. The number of hydrogen-bond acceptors (Lipinski definition) is 5. The molecule has 0 radical (unpaired) electrons. The molecule has 1 aliphatic carbocycles. The van der Waals surface area contributed by atoms with Gasteiger partial charge in [-0.3, -0.25) is 14.8 Å². The summed E-state index contributed by atoms with van der Waals surface area (Å²) in [6.07, 6.45) is 5.59. The van der Waals surface area contributed by atoms with Crippen molar-refractivity contribution < 1.29 is 0 Å². The molecule has 2 N–H and O–H groups in total. The van der Waals surface area contributed by atoms with Crippen molar-refractivity contribution >= 4 is 11.6 Å². The molecule has 1 saturated carbocycles. The Kier molecular flexibility index (Phi) is 4.11. The molecule has 0 saturated heterocycles. The van der Waals surface area contributed by atoms with Gasteiger partial charge in [-0.15, -0.1) is 10.2 Å². The number of pyridine rings is 1. The summed E-state index contributed by atoms with van der Waals surface area (Å²) < 4.78 is 0. The number of aromatic nitrogens is 5. The molecular weight excluding hydrogens is 354 g/mol. The van der Waals surface area contributed by atoms with Crippen LogP contribution in [0.2, 0.25) is 5.15 Å². The summed E-state index contributed by atoms with van der Waals surface area (Å²) in [7, 11) is 0. The van der Waals surface area contributed by atoms with Gasteiger partial charge in [0.2, 0.25) is 0 Å². The molecular formula is C18H12ClN5O2. The molecule has 0 unspecified atom stereocenters. The van der Waals surface area contributed by atoms with Crippen LogP contribution >= 0.6 is 11.6 Å². The highest BCUT2D eigenvalue weighted by Gasteiger charge is 2.39. The zero-order valence-electron chi connectivity index (χ0n) is 13.4. The molecule has 1 fully saturated rings. The van der Waals surface area contributed by atoms with Crippen LogP contribution in [0.15, 0.2) is 46.4 Å². The van der Waals surface area contributed by atoms with E-state index in [-0.39, 0.29) is 17.4 Å². The Bertz CT molecular complexity index is 1140. The molecule has 0 aliphatic heterocycles. The molecule has 8 heteroatoms. The Morgan fingerprint density at radius 1 is 1.27 bits per heavy atom. The van der Waals surface area contributed by atoms with Crippen LogP contribution in [0, 0.1) is 17.8 Å². The van der Waals surface area contributed by atoms with E-state index in [4.69, 9.17) is 11.6 Å². The highest BCUT2D eigenvalue weighted by Crippen LogP contribution is 2.49. The maximum atomic E-state index is 11.9. The smallest absolute Gasteiger partial charge is 0.313 e. The molecule has 0 amide bonds. The number of nitrogens with zero attached hydrogens (tertiary/aromatic N) is 3. The zero-order valence-corrected chi connectivity index (χ0v) is 14.1. The molecule has 0 spiro atoms. The fraction of sp³-hybridized carbons (Fsp3) is 0.167. The van der Waals surface area contributed by atoms with E-state index in [9.17, 15) is 9.59 Å². The maximum Gasteiger partial charge on any atom is 0.325 e. The maximum absolute atomic E-state index is 11.9. The minimum absolute atomic E-state index is 0.141. The molecule has 7 nitrogen and oxygen atoms in total. The van der Waals surface area contributed by atoms with Crippen LogP contribution in [-0.4, -0.2) is 25.1 Å². The topological polar surface area (TPSA) is 104 Å². The van der Waals surface area contributed by atoms with Crippen LogP contribution < -0.4 is 11.2 Å². The van der Waals surface area contributed by atoms with E-state index in [0.717, 1.165) is 17.5 Å². The molecule has 3 heterocycles. The van der Waals surface area contributed by atoms with Gasteiger partial charge in [-0.25, -0.2) is 4.79 Å². The lowest BCUT2D eigenvalue weighted by molar-refractivity contribution is 0.953. The molecule has 128 valence electrons. The normalized spacial score (nSPS) is 18.0. The van der Waals surface area contributed by atoms with Gasteiger partial charge < -0.3 is 4.98 Å². The van der Waals surface area contributed by atoms with E-state index in [2.05, 4.69) is 37.0 Å². The average molecular weight is 366 g/mol. The molecule has 3 aromatic rings. The van der Waals surface area contributed by atoms with E-state index in [1.165, 1.54) is 6.20 Å². The lowest BCUT2D eigenvalue weighted by Gasteiger charge is -2.04. The van der Waals surface area contributed by atoms with Crippen LogP contribution in [0.5, 0.6) is 0 Å². The Labute approximate surface area is 152 Å². The highest BCUT2D eigenvalue weighted by atomic mass is 35.5. The van der Waals surface area contributed by atoms with Crippen molar-refractivity contribution in [1.29, 1.82) is 0 Å². The number of rotatable bonds is 2. The van der Waals surface area contributed by atoms with Gasteiger partial charge in [0, 0.05) is 36.0 Å². The van der Waals surface area contributed by atoms with Gasteiger partial charge in [0.05, 0.1) is 5.56 Å². The first kappa shape index (κ1) is 16.2. The van der Waals surface area contributed by atoms with Crippen LogP contribution in [0.25, 0.3) is 11.3 Å². The van der Waals surface area contributed by atoms with Crippen molar-refractivity contribution in [2.24, 2.45) is 5.92 Å². The monoisotopic (exact) mass is 365 g/mol. The van der Waals surface area contributed by atoms with E-state index in [1.807, 2.05) is 12.1 Å². The standard InChI is InChI=1S/C18H12ClN5O2/c19-16-13(12-6-11(12)4-3-10-2-1-5-20-8-10)7-15(23-24-16)14-9-21-18(26)22-17(14)25/h1-2,5,7-9,11-12H,6H2,(H2,21,22,25,26)/t11-,12-/m0/s1. The van der Waals surface area contributed by atoms with Crippen molar-refractivity contribution in [3.63, 3.8) is 0 Å². The second-order valence-electron chi connectivity index (χ2n) is 5.92. The van der Waals surface area contributed by atoms with Crippen molar-refractivity contribution in [2.45, 2.75) is 12.3 Å². The molecule has 4 rings (SSSR count). The third kappa shape index (κ3) is 3.27. The summed E-state index contributed by atoms with van der Waals surface area (Å²) in [5, 5.41) is 8.20. The molecule has 0 bridgehead atoms. The molecule has 0 aromatic carbocycles. The number of hydrogen-bond donors (Lipinski definition) is 2. The highest BCUT2D eigenvalue weighted by molar-refractivity contribution is 6.30. The first-order valence-corrected chi connectivity index (χ1v) is 8.26. The summed E-state index contributed by atoms with van der Waals surface area (Å²) in [6.45, 7) is 0. The second kappa shape index (κ2) is 6.58. The van der Waals surface area contributed by atoms with Crippen LogP contribution in [0.3, 0.4) is 0 Å². The SMILES string of the molecule is O=c1[nH]cc(-c2cc([C@H]3C[C@@H]3C#Cc3cccnc3)c(Cl)nn2)c(=O)[nH]1. The molecule has 2 atom stereocenters. The van der Waals surface area contributed by atoms with Gasteiger partial charge >= 0.3 is 5.69 Å². The Hall–Kier alpha value is -3.24. The summed E-state index contributed by atoms with van der Waals surface area (Å²) in [4.78, 5) is 31.7. The second-order valence-corrected chi connectivity index (χ2v) is 6.28. The fourth-order valence-electron chi connectivity index (χ4n) is 2.69. The van der Waals surface area contributed by atoms with E-state index in [0.29, 0.717) is 10.8 Å². The Morgan fingerprint density at radius 3 is 2.92 bits per heavy atom. The summed E-state index contributed by atoms with van der Waals surface area (Å²) >= 11 is 6.19. The lowest BCUT2D eigenvalue weighted by Crippen LogP contribution is -2.23. The third-order valence-electron chi connectivity index (χ3n) is 4.12. The molecule has 3 aromatic heterocycles. The van der Waals surface area contributed by atoms with Crippen molar-refractivity contribution in [3.8, 4) is 23.1 Å². The minimum atomic E-state index is -0.575. The van der Waals surface area contributed by atoms with Crippen LogP contribution in [0.4, 0.5) is 0 Å². The van der Waals surface area contributed by atoms with Gasteiger partial charge in [0.1, 0.15) is 5.69 Å². The minimum Gasteiger partial charge on any atom is -0.313 e. The molecule has 1 aliphatic rings. The predicted molar refractivity (Wildman–Crippen MR) is 95.7 cm³/mol. The number of aromatic amines is 2. The van der Waals surface area contributed by atoms with E-state index >= 15 is 0 Å². The first-order chi connectivity index (χ1) is 12.6. The van der Waals surface area contributed by atoms with Gasteiger partial charge in [0.15, 0.2) is 5.15 Å². The van der Waals surface area contributed by atoms with Crippen LogP contribution in [0.1, 0.15) is 23.5 Å². The lowest BCUT2D eigenvalue weighted by atomic mass is 10.1. The number of nitrogens with one attached hydrogen (secondary N) is 2. The third-order valence-corrected chi connectivity index (χ3v) is 4.42. The summed E-state index contributed by atoms with van der Waals surface area (Å²) in [6, 6.07) is 5.47. The zero-order chi connectivity index (χ0) is 18.1. The summed E-state index contributed by atoms with van der Waals surface area (Å²) in [5.74, 6) is 6.62. The molecule has 26 heavy (non-hydrogen) atoms. The van der Waals surface area contributed by atoms with Gasteiger partial charge in [-0.05, 0) is 30.2 Å². The fourth-order valence-corrected chi connectivity index (χ4v) is 2.93. The Morgan fingerprint density at radius 2 is 2.15 bits per heavy atom. The number of H-pyrrole nitrogens is 2. The first-order valence-electron chi connectivity index (χ1n) is 7.89. The van der Waals surface area contributed by atoms with Gasteiger partial charge in [-0.2, -0.15) is 0 Å². The Balaban J connectivity index is 1.61. The van der Waals surface area contributed by atoms with E-state index < -0.39 is 11.2 Å². The predicted octanol–water partition coefficient (Wildman–Crippen LogP) is 1.72. The van der Waals surface area contributed by atoms with Crippen molar-refractivity contribution in [3.05, 3.63) is 73.9 Å². The van der Waals surface area contributed by atoms with Gasteiger partial charge in [0.25, 0.3) is 5.56 Å². The van der Waals surface area contributed by atoms with Crippen LogP contribution in [-0.2, 0) is 0 Å².